The SMILES string of the molecule is COCC(C)NC(=O)Cn1cc(CO)nn1. The molecular weight excluding hydrogens is 212 g/mol. The standard InChI is InChI=1S/C9H16N4O3/c1-7(6-16-2)10-9(15)4-13-3-8(5-14)11-12-13/h3,7,14H,4-6H2,1-2H3,(H,10,15). The molecule has 1 aromatic rings. The van der Waals surface area contributed by atoms with Gasteiger partial charge in [0.05, 0.1) is 19.4 Å². The van der Waals surface area contributed by atoms with Gasteiger partial charge in [0.1, 0.15) is 12.2 Å². The highest BCUT2D eigenvalue weighted by Gasteiger charge is 2.08. The summed E-state index contributed by atoms with van der Waals surface area (Å²) < 4.78 is 6.27. The minimum atomic E-state index is -0.179. The Bertz CT molecular complexity index is 339. The summed E-state index contributed by atoms with van der Waals surface area (Å²) in [5.74, 6) is -0.168. The van der Waals surface area contributed by atoms with Crippen LogP contribution in [0, 0.1) is 0 Å². The number of nitrogens with zero attached hydrogens (tertiary/aromatic N) is 3. The van der Waals surface area contributed by atoms with E-state index in [2.05, 4.69) is 15.6 Å². The van der Waals surface area contributed by atoms with E-state index in [9.17, 15) is 4.79 Å². The van der Waals surface area contributed by atoms with Crippen LogP contribution in [0.3, 0.4) is 0 Å². The molecule has 0 radical (unpaired) electrons. The number of amides is 1. The molecule has 0 saturated carbocycles. The Morgan fingerprint density at radius 2 is 2.50 bits per heavy atom. The minimum absolute atomic E-state index is 0.0432. The van der Waals surface area contributed by atoms with Crippen LogP contribution in [0.15, 0.2) is 6.20 Å². The van der Waals surface area contributed by atoms with Gasteiger partial charge in [0, 0.05) is 13.2 Å². The first-order valence-corrected chi connectivity index (χ1v) is 4.94. The molecule has 1 atom stereocenters. The van der Waals surface area contributed by atoms with E-state index in [4.69, 9.17) is 9.84 Å². The predicted molar refractivity (Wildman–Crippen MR) is 55.4 cm³/mol. The number of nitrogens with one attached hydrogen (secondary N) is 1. The van der Waals surface area contributed by atoms with E-state index >= 15 is 0 Å². The Balaban J connectivity index is 2.39. The van der Waals surface area contributed by atoms with Crippen LogP contribution in [0.25, 0.3) is 0 Å². The number of ether oxygens (including phenoxy) is 1. The molecule has 0 fully saturated rings. The molecule has 1 rings (SSSR count). The number of methoxy groups -OCH3 is 1. The van der Waals surface area contributed by atoms with Crippen molar-refractivity contribution in [1.82, 2.24) is 20.3 Å². The molecule has 1 unspecified atom stereocenters. The van der Waals surface area contributed by atoms with E-state index in [0.29, 0.717) is 12.3 Å². The van der Waals surface area contributed by atoms with Gasteiger partial charge in [0.15, 0.2) is 0 Å². The molecule has 0 aliphatic heterocycles. The number of hydrogen-bond donors (Lipinski definition) is 2. The second kappa shape index (κ2) is 6.19. The lowest BCUT2D eigenvalue weighted by Crippen LogP contribution is -2.37. The molecule has 0 aromatic carbocycles. The molecule has 0 aliphatic carbocycles. The first-order chi connectivity index (χ1) is 7.65. The lowest BCUT2D eigenvalue weighted by atomic mass is 10.3. The highest BCUT2D eigenvalue weighted by Crippen LogP contribution is 1.92. The number of carbonyl (C=O) groups excluding carboxylic acids is 1. The lowest BCUT2D eigenvalue weighted by Gasteiger charge is -2.12. The fraction of sp³-hybridized carbons (Fsp3) is 0.667. The van der Waals surface area contributed by atoms with Gasteiger partial charge in [-0.15, -0.1) is 5.10 Å². The maximum atomic E-state index is 11.5. The molecule has 1 heterocycles. The van der Waals surface area contributed by atoms with Crippen LogP contribution in [0.1, 0.15) is 12.6 Å². The third-order valence-corrected chi connectivity index (χ3v) is 1.88. The largest absolute Gasteiger partial charge is 0.390 e. The van der Waals surface area contributed by atoms with Crippen LogP contribution in [0.5, 0.6) is 0 Å². The van der Waals surface area contributed by atoms with Crippen LogP contribution >= 0.6 is 0 Å². The van der Waals surface area contributed by atoms with Crippen molar-refractivity contribution < 1.29 is 14.6 Å². The molecule has 0 aliphatic rings. The Morgan fingerprint density at radius 1 is 1.75 bits per heavy atom. The van der Waals surface area contributed by atoms with Gasteiger partial charge in [-0.1, -0.05) is 5.21 Å². The smallest absolute Gasteiger partial charge is 0.242 e. The van der Waals surface area contributed by atoms with Crippen molar-refractivity contribution >= 4 is 5.91 Å². The predicted octanol–water partition coefficient (Wildman–Crippen LogP) is -1.08. The lowest BCUT2D eigenvalue weighted by molar-refractivity contribution is -0.122. The first-order valence-electron chi connectivity index (χ1n) is 4.94. The van der Waals surface area contributed by atoms with Gasteiger partial charge in [-0.05, 0) is 6.92 Å². The Kier molecular flexibility index (Phi) is 4.87. The fourth-order valence-corrected chi connectivity index (χ4v) is 1.25. The van der Waals surface area contributed by atoms with Gasteiger partial charge in [0.2, 0.25) is 5.91 Å². The summed E-state index contributed by atoms with van der Waals surface area (Å²) in [6.45, 7) is 2.22. The molecule has 1 aromatic heterocycles. The average molecular weight is 228 g/mol. The fourth-order valence-electron chi connectivity index (χ4n) is 1.25. The maximum absolute atomic E-state index is 11.5. The molecule has 1 amide bonds. The van der Waals surface area contributed by atoms with Gasteiger partial charge in [-0.3, -0.25) is 4.79 Å². The van der Waals surface area contributed by atoms with Crippen molar-refractivity contribution in [2.75, 3.05) is 13.7 Å². The van der Waals surface area contributed by atoms with Crippen LogP contribution in [-0.4, -0.2) is 45.8 Å². The van der Waals surface area contributed by atoms with Crippen molar-refractivity contribution in [1.29, 1.82) is 0 Å². The molecule has 0 spiro atoms. The molecule has 0 bridgehead atoms. The number of aromatic nitrogens is 3. The summed E-state index contributed by atoms with van der Waals surface area (Å²) >= 11 is 0. The second-order valence-electron chi connectivity index (χ2n) is 3.49. The van der Waals surface area contributed by atoms with Gasteiger partial charge < -0.3 is 15.2 Å². The van der Waals surface area contributed by atoms with Gasteiger partial charge in [0.25, 0.3) is 0 Å². The van der Waals surface area contributed by atoms with Crippen molar-refractivity contribution in [3.05, 3.63) is 11.9 Å². The molecule has 0 saturated heterocycles. The summed E-state index contributed by atoms with van der Waals surface area (Å²) in [6.07, 6.45) is 1.53. The third-order valence-electron chi connectivity index (χ3n) is 1.88. The molecular formula is C9H16N4O3. The van der Waals surface area contributed by atoms with Crippen molar-refractivity contribution in [3.63, 3.8) is 0 Å². The highest BCUT2D eigenvalue weighted by molar-refractivity contribution is 5.75. The Morgan fingerprint density at radius 3 is 3.06 bits per heavy atom. The number of aliphatic hydroxyl groups excluding tert-OH is 1. The normalized spacial score (nSPS) is 12.4. The van der Waals surface area contributed by atoms with Crippen LogP contribution in [0.4, 0.5) is 0 Å². The number of rotatable bonds is 6. The summed E-state index contributed by atoms with van der Waals surface area (Å²) in [5, 5.41) is 18.9. The second-order valence-corrected chi connectivity index (χ2v) is 3.49. The Hall–Kier alpha value is -1.47. The minimum Gasteiger partial charge on any atom is -0.390 e. The zero-order valence-corrected chi connectivity index (χ0v) is 9.38. The summed E-state index contributed by atoms with van der Waals surface area (Å²) in [6, 6.07) is -0.0432. The summed E-state index contributed by atoms with van der Waals surface area (Å²) in [7, 11) is 1.58. The maximum Gasteiger partial charge on any atom is 0.242 e. The van der Waals surface area contributed by atoms with E-state index < -0.39 is 0 Å². The molecule has 7 heteroatoms. The Labute approximate surface area is 93.4 Å². The topological polar surface area (TPSA) is 89.3 Å². The molecule has 16 heavy (non-hydrogen) atoms. The molecule has 2 N–H and O–H groups in total. The van der Waals surface area contributed by atoms with E-state index in [1.807, 2.05) is 6.92 Å². The quantitative estimate of drug-likeness (QED) is 0.646. The number of hydrogen-bond acceptors (Lipinski definition) is 5. The van der Waals surface area contributed by atoms with Crippen LogP contribution in [-0.2, 0) is 22.7 Å². The third kappa shape index (κ3) is 3.95. The average Bonchev–Trinajstić information content (AvgIpc) is 2.65. The van der Waals surface area contributed by atoms with E-state index in [1.165, 1.54) is 10.9 Å². The van der Waals surface area contributed by atoms with E-state index in [0.717, 1.165) is 0 Å². The van der Waals surface area contributed by atoms with Crippen LogP contribution < -0.4 is 5.32 Å². The molecule has 90 valence electrons. The zero-order valence-electron chi connectivity index (χ0n) is 9.38. The van der Waals surface area contributed by atoms with Crippen molar-refractivity contribution in [2.24, 2.45) is 0 Å². The number of aliphatic hydroxyl groups is 1. The number of carbonyl (C=O) groups is 1. The van der Waals surface area contributed by atoms with Gasteiger partial charge >= 0.3 is 0 Å². The first kappa shape index (κ1) is 12.6. The monoisotopic (exact) mass is 228 g/mol. The van der Waals surface area contributed by atoms with Crippen LogP contribution in [0.2, 0.25) is 0 Å². The van der Waals surface area contributed by atoms with Crippen molar-refractivity contribution in [2.45, 2.75) is 26.1 Å². The van der Waals surface area contributed by atoms with Gasteiger partial charge in [-0.25, -0.2) is 4.68 Å². The summed E-state index contributed by atoms with van der Waals surface area (Å²) in [4.78, 5) is 11.5. The van der Waals surface area contributed by atoms with Crippen molar-refractivity contribution in [3.8, 4) is 0 Å². The van der Waals surface area contributed by atoms with Gasteiger partial charge in [-0.2, -0.15) is 0 Å². The van der Waals surface area contributed by atoms with E-state index in [-0.39, 0.29) is 25.1 Å². The van der Waals surface area contributed by atoms with E-state index in [1.54, 1.807) is 7.11 Å². The summed E-state index contributed by atoms with van der Waals surface area (Å²) in [5.41, 5.74) is 0.442. The molecule has 7 nitrogen and oxygen atoms in total. The highest BCUT2D eigenvalue weighted by atomic mass is 16.5. The zero-order chi connectivity index (χ0) is 12.0.